The second-order valence-electron chi connectivity index (χ2n) is 4.46. The zero-order chi connectivity index (χ0) is 12.9. The molecule has 3 aromatic rings. The molecule has 0 amide bonds. The van der Waals surface area contributed by atoms with E-state index in [4.69, 9.17) is 0 Å². The van der Waals surface area contributed by atoms with E-state index in [0.717, 1.165) is 24.1 Å². The van der Waals surface area contributed by atoms with E-state index >= 15 is 0 Å². The summed E-state index contributed by atoms with van der Waals surface area (Å²) in [5.74, 6) is 0. The van der Waals surface area contributed by atoms with Crippen LogP contribution in [0.1, 0.15) is 5.56 Å². The third kappa shape index (κ3) is 2.88. The van der Waals surface area contributed by atoms with Gasteiger partial charge < -0.3 is 0 Å². The number of rotatable bonds is 4. The van der Waals surface area contributed by atoms with Crippen molar-refractivity contribution in [2.75, 3.05) is 0 Å². The normalized spacial score (nSPS) is 10.5. The molecule has 3 rings (SSSR count). The summed E-state index contributed by atoms with van der Waals surface area (Å²) in [6.45, 7) is 0.898. The fourth-order valence-electron chi connectivity index (χ4n) is 2.07. The first-order valence-electron chi connectivity index (χ1n) is 6.38. The van der Waals surface area contributed by atoms with Gasteiger partial charge in [0.05, 0.1) is 6.20 Å². The lowest BCUT2D eigenvalue weighted by molar-refractivity contribution is 0.615. The maximum Gasteiger partial charge on any atom is 0.0568 e. The van der Waals surface area contributed by atoms with E-state index in [1.807, 2.05) is 29.1 Å². The minimum Gasteiger partial charge on any atom is -0.272 e. The SMILES string of the molecule is c1ccc(CCn2cc(-c3ccncc3)cn2)cc1. The van der Waals surface area contributed by atoms with Crippen LogP contribution in [-0.4, -0.2) is 14.8 Å². The summed E-state index contributed by atoms with van der Waals surface area (Å²) in [5, 5.41) is 4.40. The van der Waals surface area contributed by atoms with Crippen LogP contribution in [0.15, 0.2) is 67.3 Å². The largest absolute Gasteiger partial charge is 0.272 e. The van der Waals surface area contributed by atoms with Gasteiger partial charge in [0.25, 0.3) is 0 Å². The van der Waals surface area contributed by atoms with Crippen LogP contribution >= 0.6 is 0 Å². The van der Waals surface area contributed by atoms with E-state index < -0.39 is 0 Å². The molecule has 0 atom stereocenters. The van der Waals surface area contributed by atoms with Crippen molar-refractivity contribution in [2.45, 2.75) is 13.0 Å². The molecule has 0 bridgehead atoms. The van der Waals surface area contributed by atoms with Crippen LogP contribution < -0.4 is 0 Å². The molecule has 1 aromatic carbocycles. The average Bonchev–Trinajstić information content (AvgIpc) is 2.96. The van der Waals surface area contributed by atoms with E-state index in [9.17, 15) is 0 Å². The molecule has 0 saturated carbocycles. The Bertz CT molecular complexity index is 629. The predicted molar refractivity (Wildman–Crippen MR) is 75.6 cm³/mol. The molecular weight excluding hydrogens is 234 g/mol. The number of aromatic nitrogens is 3. The zero-order valence-electron chi connectivity index (χ0n) is 10.6. The molecule has 2 aromatic heterocycles. The highest BCUT2D eigenvalue weighted by atomic mass is 15.3. The summed E-state index contributed by atoms with van der Waals surface area (Å²) in [5.41, 5.74) is 3.62. The van der Waals surface area contributed by atoms with Crippen LogP contribution in [0.3, 0.4) is 0 Å². The minimum atomic E-state index is 0.898. The van der Waals surface area contributed by atoms with Crippen molar-refractivity contribution in [3.8, 4) is 11.1 Å². The molecule has 94 valence electrons. The van der Waals surface area contributed by atoms with Gasteiger partial charge in [-0.25, -0.2) is 0 Å². The summed E-state index contributed by atoms with van der Waals surface area (Å²) < 4.78 is 1.99. The lowest BCUT2D eigenvalue weighted by Crippen LogP contribution is -2.01. The Kier molecular flexibility index (Phi) is 3.36. The highest BCUT2D eigenvalue weighted by molar-refractivity contribution is 5.60. The van der Waals surface area contributed by atoms with Gasteiger partial charge in [0, 0.05) is 30.7 Å². The van der Waals surface area contributed by atoms with Gasteiger partial charge >= 0.3 is 0 Å². The molecule has 0 spiro atoms. The van der Waals surface area contributed by atoms with Crippen molar-refractivity contribution < 1.29 is 0 Å². The van der Waals surface area contributed by atoms with Crippen molar-refractivity contribution in [2.24, 2.45) is 0 Å². The highest BCUT2D eigenvalue weighted by Crippen LogP contribution is 2.16. The third-order valence-electron chi connectivity index (χ3n) is 3.12. The molecule has 0 N–H and O–H groups in total. The number of benzene rings is 1. The second kappa shape index (κ2) is 5.48. The lowest BCUT2D eigenvalue weighted by atomic mass is 10.1. The summed E-state index contributed by atoms with van der Waals surface area (Å²) in [6.07, 6.45) is 8.59. The summed E-state index contributed by atoms with van der Waals surface area (Å²) in [7, 11) is 0. The Balaban J connectivity index is 1.69. The van der Waals surface area contributed by atoms with E-state index in [2.05, 4.69) is 40.5 Å². The molecule has 3 heteroatoms. The van der Waals surface area contributed by atoms with E-state index in [1.165, 1.54) is 5.56 Å². The van der Waals surface area contributed by atoms with Crippen LogP contribution in [0.5, 0.6) is 0 Å². The molecule has 0 unspecified atom stereocenters. The lowest BCUT2D eigenvalue weighted by Gasteiger charge is -2.01. The van der Waals surface area contributed by atoms with Crippen LogP contribution in [0.2, 0.25) is 0 Å². The molecule has 19 heavy (non-hydrogen) atoms. The number of pyridine rings is 1. The molecule has 3 nitrogen and oxygen atoms in total. The van der Waals surface area contributed by atoms with Gasteiger partial charge in [0.1, 0.15) is 0 Å². The molecule has 0 aliphatic rings. The van der Waals surface area contributed by atoms with Crippen LogP contribution in [-0.2, 0) is 13.0 Å². The monoisotopic (exact) mass is 249 g/mol. The van der Waals surface area contributed by atoms with Crippen molar-refractivity contribution >= 4 is 0 Å². The maximum absolute atomic E-state index is 4.40. The Morgan fingerprint density at radius 2 is 1.68 bits per heavy atom. The van der Waals surface area contributed by atoms with E-state index in [0.29, 0.717) is 0 Å². The number of aryl methyl sites for hydroxylation is 2. The molecule has 0 aliphatic carbocycles. The third-order valence-corrected chi connectivity index (χ3v) is 3.12. The molecular formula is C16H15N3. The van der Waals surface area contributed by atoms with Crippen LogP contribution in [0, 0.1) is 0 Å². The first-order chi connectivity index (χ1) is 9.42. The van der Waals surface area contributed by atoms with Crippen molar-refractivity contribution in [3.05, 3.63) is 72.8 Å². The molecule has 2 heterocycles. The Labute approximate surface area is 112 Å². The maximum atomic E-state index is 4.40. The van der Waals surface area contributed by atoms with E-state index in [-0.39, 0.29) is 0 Å². The molecule has 0 saturated heterocycles. The van der Waals surface area contributed by atoms with Crippen molar-refractivity contribution in [3.63, 3.8) is 0 Å². The fourth-order valence-corrected chi connectivity index (χ4v) is 2.07. The molecule has 0 aliphatic heterocycles. The van der Waals surface area contributed by atoms with E-state index in [1.54, 1.807) is 12.4 Å². The smallest absolute Gasteiger partial charge is 0.0568 e. The Morgan fingerprint density at radius 1 is 0.895 bits per heavy atom. The molecule has 0 radical (unpaired) electrons. The first-order valence-corrected chi connectivity index (χ1v) is 6.38. The summed E-state index contributed by atoms with van der Waals surface area (Å²) in [6, 6.07) is 14.5. The van der Waals surface area contributed by atoms with Gasteiger partial charge in [-0.05, 0) is 29.7 Å². The minimum absolute atomic E-state index is 0.898. The first kappa shape index (κ1) is 11.7. The van der Waals surface area contributed by atoms with Gasteiger partial charge in [0.15, 0.2) is 0 Å². The number of hydrogen-bond acceptors (Lipinski definition) is 2. The average molecular weight is 249 g/mol. The van der Waals surface area contributed by atoms with Gasteiger partial charge in [-0.1, -0.05) is 30.3 Å². The quantitative estimate of drug-likeness (QED) is 0.711. The number of hydrogen-bond donors (Lipinski definition) is 0. The van der Waals surface area contributed by atoms with Gasteiger partial charge in [-0.3, -0.25) is 9.67 Å². The number of nitrogens with zero attached hydrogens (tertiary/aromatic N) is 3. The van der Waals surface area contributed by atoms with Gasteiger partial charge in [-0.2, -0.15) is 5.10 Å². The fraction of sp³-hybridized carbons (Fsp3) is 0.125. The van der Waals surface area contributed by atoms with Crippen molar-refractivity contribution in [1.82, 2.24) is 14.8 Å². The second-order valence-corrected chi connectivity index (χ2v) is 4.46. The Hall–Kier alpha value is -2.42. The predicted octanol–water partition coefficient (Wildman–Crippen LogP) is 3.19. The standard InChI is InChI=1S/C16H15N3/c1-2-4-14(5-3-1)8-11-19-13-16(12-18-19)15-6-9-17-10-7-15/h1-7,9-10,12-13H,8,11H2. The highest BCUT2D eigenvalue weighted by Gasteiger charge is 2.01. The summed E-state index contributed by atoms with van der Waals surface area (Å²) in [4.78, 5) is 4.03. The molecule has 0 fully saturated rings. The van der Waals surface area contributed by atoms with Crippen LogP contribution in [0.25, 0.3) is 11.1 Å². The Morgan fingerprint density at radius 3 is 2.47 bits per heavy atom. The summed E-state index contributed by atoms with van der Waals surface area (Å²) >= 11 is 0. The van der Waals surface area contributed by atoms with Gasteiger partial charge in [-0.15, -0.1) is 0 Å². The zero-order valence-corrected chi connectivity index (χ0v) is 10.6. The van der Waals surface area contributed by atoms with Crippen molar-refractivity contribution in [1.29, 1.82) is 0 Å². The van der Waals surface area contributed by atoms with Crippen LogP contribution in [0.4, 0.5) is 0 Å². The topological polar surface area (TPSA) is 30.7 Å². The van der Waals surface area contributed by atoms with Gasteiger partial charge in [0.2, 0.25) is 0 Å².